The van der Waals surface area contributed by atoms with E-state index in [-0.39, 0.29) is 12.7 Å². The van der Waals surface area contributed by atoms with Gasteiger partial charge >= 0.3 is 6.18 Å². The largest absolute Gasteiger partial charge is 0.402 e. The maximum Gasteiger partial charge on any atom is 0.402 e. The van der Waals surface area contributed by atoms with Gasteiger partial charge in [0.25, 0.3) is 10.2 Å². The molecular weight excluding hydrogens is 436 g/mol. The highest BCUT2D eigenvalue weighted by atomic mass is 127. The van der Waals surface area contributed by atoms with Gasteiger partial charge in [0.05, 0.1) is 28.5 Å². The van der Waals surface area contributed by atoms with Crippen LogP contribution in [0.4, 0.5) is 13.2 Å². The van der Waals surface area contributed by atoms with Crippen LogP contribution in [0.1, 0.15) is 12.8 Å². The lowest BCUT2D eigenvalue weighted by Crippen LogP contribution is -2.49. The zero-order valence-electron chi connectivity index (χ0n) is 10.2. The number of rotatable bonds is 7. The number of hydrogen-bond donors (Lipinski definition) is 2. The van der Waals surface area contributed by atoms with Crippen molar-refractivity contribution in [3.05, 3.63) is 0 Å². The lowest BCUT2D eigenvalue weighted by molar-refractivity contribution is -0.121. The van der Waals surface area contributed by atoms with Crippen LogP contribution in [0, 0.1) is 0 Å². The quantitative estimate of drug-likeness (QED) is 0.455. The SMILES string of the molecule is O=S(=O)(NCC(F)(F)F)N[C@@H]1CC[C@@H](COSI)OC1. The number of nitrogens with one attached hydrogen (secondary N) is 2. The molecule has 1 aliphatic heterocycles. The second-order valence-electron chi connectivity index (χ2n) is 4.13. The summed E-state index contributed by atoms with van der Waals surface area (Å²) in [6.07, 6.45) is -3.66. The van der Waals surface area contributed by atoms with Gasteiger partial charge in [-0.15, -0.1) is 0 Å². The highest BCUT2D eigenvalue weighted by Crippen LogP contribution is 2.19. The van der Waals surface area contributed by atoms with Gasteiger partial charge in [-0.1, -0.05) is 0 Å². The van der Waals surface area contributed by atoms with Gasteiger partial charge in [0, 0.05) is 27.2 Å². The summed E-state index contributed by atoms with van der Waals surface area (Å²) < 4.78 is 72.6. The Bertz CT molecular complexity index is 388. The molecule has 0 spiro atoms. The van der Waals surface area contributed by atoms with Crippen LogP contribution < -0.4 is 9.44 Å². The Kier molecular flexibility index (Phi) is 7.80. The van der Waals surface area contributed by atoms with E-state index in [1.54, 1.807) is 0 Å². The molecule has 20 heavy (non-hydrogen) atoms. The summed E-state index contributed by atoms with van der Waals surface area (Å²) in [5, 5.41) is 0. The smallest absolute Gasteiger partial charge is 0.374 e. The van der Waals surface area contributed by atoms with Gasteiger partial charge in [0.15, 0.2) is 0 Å². The van der Waals surface area contributed by atoms with Crippen LogP contribution in [0.3, 0.4) is 0 Å². The van der Waals surface area contributed by atoms with Crippen molar-refractivity contribution in [3.8, 4) is 0 Å². The van der Waals surface area contributed by atoms with Gasteiger partial charge in [0.2, 0.25) is 0 Å². The van der Waals surface area contributed by atoms with Crippen molar-refractivity contribution >= 4 is 40.6 Å². The zero-order chi connectivity index (χ0) is 15.2. The topological polar surface area (TPSA) is 76.7 Å². The molecule has 1 saturated heterocycles. The minimum atomic E-state index is -4.59. The minimum absolute atomic E-state index is 0.104. The molecule has 0 aromatic rings. The van der Waals surface area contributed by atoms with Crippen LogP contribution >= 0.6 is 30.4 Å². The molecule has 2 N–H and O–H groups in total. The summed E-state index contributed by atoms with van der Waals surface area (Å²) in [6, 6.07) is -0.538. The molecule has 12 heteroatoms. The predicted octanol–water partition coefficient (Wildman–Crippen LogP) is 1.54. The van der Waals surface area contributed by atoms with Gasteiger partial charge in [-0.3, -0.25) is 0 Å². The second kappa shape index (κ2) is 8.33. The Morgan fingerprint density at radius 2 is 2.10 bits per heavy atom. The molecule has 0 unspecified atom stereocenters. The molecule has 6 nitrogen and oxygen atoms in total. The van der Waals surface area contributed by atoms with Crippen LogP contribution in [-0.4, -0.2) is 46.5 Å². The van der Waals surface area contributed by atoms with Crippen molar-refractivity contribution in [2.24, 2.45) is 0 Å². The van der Waals surface area contributed by atoms with Crippen molar-refractivity contribution in [1.82, 2.24) is 9.44 Å². The van der Waals surface area contributed by atoms with E-state index >= 15 is 0 Å². The van der Waals surface area contributed by atoms with Crippen LogP contribution in [0.25, 0.3) is 0 Å². The van der Waals surface area contributed by atoms with E-state index < -0.39 is 29.0 Å². The second-order valence-corrected chi connectivity index (χ2v) is 7.11. The van der Waals surface area contributed by atoms with E-state index in [0.29, 0.717) is 19.4 Å². The molecule has 0 amide bonds. The van der Waals surface area contributed by atoms with E-state index in [2.05, 4.69) is 4.72 Å². The monoisotopic (exact) mass is 450 g/mol. The molecule has 0 radical (unpaired) electrons. The molecule has 2 atom stereocenters. The Labute approximate surface area is 131 Å². The first-order valence-corrected chi connectivity index (χ1v) is 10.3. The molecule has 1 fully saturated rings. The maximum absolute atomic E-state index is 11.9. The zero-order valence-corrected chi connectivity index (χ0v) is 13.9. The average Bonchev–Trinajstić information content (AvgIpc) is 2.35. The summed E-state index contributed by atoms with van der Waals surface area (Å²) in [4.78, 5) is 0. The van der Waals surface area contributed by atoms with Crippen LogP contribution in [0.5, 0.6) is 0 Å². The summed E-state index contributed by atoms with van der Waals surface area (Å²) in [7, 11) is -3.01. The van der Waals surface area contributed by atoms with E-state index in [9.17, 15) is 21.6 Å². The van der Waals surface area contributed by atoms with Crippen LogP contribution in [0.2, 0.25) is 0 Å². The molecule has 0 aromatic heterocycles. The summed E-state index contributed by atoms with van der Waals surface area (Å²) >= 11 is 1.97. The predicted molar refractivity (Wildman–Crippen MR) is 76.4 cm³/mol. The first-order chi connectivity index (χ1) is 9.22. The Hall–Kier alpha value is 0.660. The average molecular weight is 450 g/mol. The molecule has 1 aliphatic rings. The third kappa shape index (κ3) is 8.19. The minimum Gasteiger partial charge on any atom is -0.374 e. The molecule has 0 aromatic carbocycles. The van der Waals surface area contributed by atoms with Gasteiger partial charge in [0.1, 0.15) is 6.54 Å². The molecule has 120 valence electrons. The van der Waals surface area contributed by atoms with E-state index in [1.165, 1.54) is 13.9 Å². The normalized spacial score (nSPS) is 24.8. The maximum atomic E-state index is 11.9. The van der Waals surface area contributed by atoms with Crippen molar-refractivity contribution in [2.75, 3.05) is 19.8 Å². The third-order valence-corrected chi connectivity index (χ3v) is 4.61. The van der Waals surface area contributed by atoms with E-state index in [1.807, 2.05) is 21.2 Å². The number of ether oxygens (including phenoxy) is 1. The van der Waals surface area contributed by atoms with Crippen LogP contribution in [0.15, 0.2) is 0 Å². The number of halogens is 4. The van der Waals surface area contributed by atoms with Gasteiger partial charge < -0.3 is 8.92 Å². The molecule has 0 saturated carbocycles. The third-order valence-electron chi connectivity index (χ3n) is 2.45. The van der Waals surface area contributed by atoms with Gasteiger partial charge in [-0.05, 0) is 12.8 Å². The van der Waals surface area contributed by atoms with Crippen LogP contribution in [-0.2, 0) is 19.1 Å². The first-order valence-electron chi connectivity index (χ1n) is 5.57. The van der Waals surface area contributed by atoms with Crippen molar-refractivity contribution in [1.29, 1.82) is 0 Å². The lowest BCUT2D eigenvalue weighted by Gasteiger charge is -2.28. The Morgan fingerprint density at radius 1 is 1.40 bits per heavy atom. The Morgan fingerprint density at radius 3 is 2.60 bits per heavy atom. The highest BCUT2D eigenvalue weighted by molar-refractivity contribution is 14.2. The fourth-order valence-electron chi connectivity index (χ4n) is 1.57. The molecule has 0 bridgehead atoms. The molecule has 1 heterocycles. The van der Waals surface area contributed by atoms with Crippen molar-refractivity contribution in [2.45, 2.75) is 31.2 Å². The van der Waals surface area contributed by atoms with Gasteiger partial charge in [-0.25, -0.2) is 0 Å². The first kappa shape index (κ1) is 18.7. The number of alkyl halides is 3. The molecular formula is C8H14F3IN2O4S2. The fourth-order valence-corrected chi connectivity index (χ4v) is 3.28. The fraction of sp³-hybridized carbons (Fsp3) is 1.00. The molecule has 0 aliphatic carbocycles. The summed E-state index contributed by atoms with van der Waals surface area (Å²) in [5.41, 5.74) is 0. The Balaban J connectivity index is 2.32. The highest BCUT2D eigenvalue weighted by Gasteiger charge is 2.31. The lowest BCUT2D eigenvalue weighted by atomic mass is 10.1. The van der Waals surface area contributed by atoms with E-state index in [0.717, 1.165) is 0 Å². The summed E-state index contributed by atoms with van der Waals surface area (Å²) in [6.45, 7) is -1.11. The van der Waals surface area contributed by atoms with Gasteiger partial charge in [-0.2, -0.15) is 31.0 Å². The van der Waals surface area contributed by atoms with Crippen molar-refractivity contribution in [3.63, 3.8) is 0 Å². The standard InChI is InChI=1S/C8H14F3IN2O4S2/c9-8(10,11)5-13-20(15,16)14-6-1-2-7(17-3-6)4-18-19-12/h6-7,13-14H,1-5H2/t6-,7+/m1/s1. The summed E-state index contributed by atoms with van der Waals surface area (Å²) in [5.74, 6) is 0. The van der Waals surface area contributed by atoms with E-state index in [4.69, 9.17) is 8.92 Å². The van der Waals surface area contributed by atoms with Crippen molar-refractivity contribution < 1.29 is 30.5 Å². The molecule has 1 rings (SSSR count). The number of hydrogen-bond acceptors (Lipinski definition) is 5.